The fourth-order valence-corrected chi connectivity index (χ4v) is 4.59. The molecule has 0 aromatic heterocycles. The highest BCUT2D eigenvalue weighted by Crippen LogP contribution is 2.35. The van der Waals surface area contributed by atoms with E-state index in [1.165, 1.54) is 55.7 Å². The Bertz CT molecular complexity index is 1480. The normalized spacial score (nSPS) is 11.5. The van der Waals surface area contributed by atoms with E-state index in [0.717, 1.165) is 0 Å². The molecule has 0 saturated carbocycles. The second kappa shape index (κ2) is 18.0. The van der Waals surface area contributed by atoms with Gasteiger partial charge < -0.3 is 0 Å². The van der Waals surface area contributed by atoms with Crippen molar-refractivity contribution in [3.63, 3.8) is 0 Å². The van der Waals surface area contributed by atoms with Crippen LogP contribution in [0.25, 0.3) is 44.5 Å². The van der Waals surface area contributed by atoms with Gasteiger partial charge in [-0.05, 0) is 113 Å². The van der Waals surface area contributed by atoms with Crippen molar-refractivity contribution in [2.45, 2.75) is 48.5 Å². The lowest BCUT2D eigenvalue weighted by Gasteiger charge is -2.15. The van der Waals surface area contributed by atoms with Gasteiger partial charge in [-0.15, -0.1) is 0 Å². The molecule has 0 radical (unpaired) electrons. The van der Waals surface area contributed by atoms with Crippen molar-refractivity contribution in [1.82, 2.24) is 0 Å². The van der Waals surface area contributed by atoms with Gasteiger partial charge >= 0.3 is 0 Å². The van der Waals surface area contributed by atoms with Crippen LogP contribution in [0.2, 0.25) is 0 Å². The molecule has 4 aromatic carbocycles. The molecule has 41 heavy (non-hydrogen) atoms. The zero-order valence-electron chi connectivity index (χ0n) is 26.0. The Morgan fingerprint density at radius 2 is 0.854 bits per heavy atom. The first-order valence-corrected chi connectivity index (χ1v) is 14.8. The number of hydrogen-bond donors (Lipinski definition) is 0. The van der Waals surface area contributed by atoms with Crippen molar-refractivity contribution in [2.24, 2.45) is 0 Å². The summed E-state index contributed by atoms with van der Waals surface area (Å²) in [5.41, 5.74) is 12.0. The lowest BCUT2D eigenvalue weighted by Crippen LogP contribution is -1.91. The van der Waals surface area contributed by atoms with Gasteiger partial charge in [-0.1, -0.05) is 137 Å². The summed E-state index contributed by atoms with van der Waals surface area (Å²) in [4.78, 5) is 0. The van der Waals surface area contributed by atoms with E-state index in [4.69, 9.17) is 0 Å². The molecule has 0 bridgehead atoms. The standard InChI is InChI=1S/C37H34.2C2H6/c1-5-9-17-29(8-4)33-23-35(31-20-14-11-15-21-31)27-37(25-33)36-24-32(28(7-3)16-6-2)22-34(26-36)30-18-12-10-13-19-30;2*1-2/h5-27H,1H2,2-4H3;2*1-2H3/b16-6-,17-9-,28-7+,29-8+;;. The van der Waals surface area contributed by atoms with Crippen LogP contribution in [0.4, 0.5) is 0 Å². The minimum atomic E-state index is 1.17. The molecule has 4 rings (SSSR count). The molecular formula is C41H46. The summed E-state index contributed by atoms with van der Waals surface area (Å²) >= 11 is 0. The molecule has 0 aliphatic heterocycles. The van der Waals surface area contributed by atoms with Gasteiger partial charge in [0.25, 0.3) is 0 Å². The molecule has 0 nitrogen and oxygen atoms in total. The topological polar surface area (TPSA) is 0 Å². The average molecular weight is 539 g/mol. The highest BCUT2D eigenvalue weighted by molar-refractivity contribution is 5.87. The molecule has 0 aliphatic rings. The van der Waals surface area contributed by atoms with E-state index >= 15 is 0 Å². The zero-order valence-corrected chi connectivity index (χ0v) is 26.0. The molecule has 4 aromatic rings. The summed E-state index contributed by atoms with van der Waals surface area (Å²) in [7, 11) is 0. The van der Waals surface area contributed by atoms with Crippen LogP contribution in [0.3, 0.4) is 0 Å². The third-order valence-electron chi connectivity index (χ3n) is 6.46. The summed E-state index contributed by atoms with van der Waals surface area (Å²) in [6.07, 6.45) is 14.5. The minimum Gasteiger partial charge on any atom is -0.0991 e. The van der Waals surface area contributed by atoms with Crippen LogP contribution >= 0.6 is 0 Å². The summed E-state index contributed by atoms with van der Waals surface area (Å²) < 4.78 is 0. The van der Waals surface area contributed by atoms with Crippen molar-refractivity contribution in [2.75, 3.05) is 0 Å². The van der Waals surface area contributed by atoms with Crippen LogP contribution in [0.1, 0.15) is 59.6 Å². The zero-order chi connectivity index (χ0) is 30.0. The van der Waals surface area contributed by atoms with Gasteiger partial charge in [0.2, 0.25) is 0 Å². The smallest absolute Gasteiger partial charge is 0.0171 e. The third-order valence-corrected chi connectivity index (χ3v) is 6.46. The molecule has 0 saturated heterocycles. The Labute approximate surface area is 249 Å². The van der Waals surface area contributed by atoms with Crippen molar-refractivity contribution in [1.29, 1.82) is 0 Å². The first-order valence-electron chi connectivity index (χ1n) is 14.8. The molecule has 210 valence electrons. The largest absolute Gasteiger partial charge is 0.0991 e. The van der Waals surface area contributed by atoms with E-state index < -0.39 is 0 Å². The number of benzene rings is 4. The molecule has 0 unspecified atom stereocenters. The molecule has 0 heterocycles. The number of allylic oxidation sites excluding steroid dienone is 9. The highest BCUT2D eigenvalue weighted by atomic mass is 14.2. The van der Waals surface area contributed by atoms with Crippen LogP contribution in [0.15, 0.2) is 146 Å². The molecule has 0 atom stereocenters. The lowest BCUT2D eigenvalue weighted by atomic mass is 9.89. The summed E-state index contributed by atoms with van der Waals surface area (Å²) in [6, 6.07) is 35.0. The maximum atomic E-state index is 3.85. The van der Waals surface area contributed by atoms with Gasteiger partial charge in [0, 0.05) is 0 Å². The summed E-state index contributed by atoms with van der Waals surface area (Å²) in [5.74, 6) is 0. The van der Waals surface area contributed by atoms with E-state index in [0.29, 0.717) is 0 Å². The van der Waals surface area contributed by atoms with Gasteiger partial charge in [0.1, 0.15) is 0 Å². The van der Waals surface area contributed by atoms with Crippen LogP contribution in [0.5, 0.6) is 0 Å². The summed E-state index contributed by atoms with van der Waals surface area (Å²) in [6.45, 7) is 18.1. The highest BCUT2D eigenvalue weighted by Gasteiger charge is 2.11. The number of rotatable bonds is 8. The summed E-state index contributed by atoms with van der Waals surface area (Å²) in [5, 5.41) is 0. The van der Waals surface area contributed by atoms with Gasteiger partial charge in [0.15, 0.2) is 0 Å². The molecule has 0 aliphatic carbocycles. The van der Waals surface area contributed by atoms with Crippen molar-refractivity contribution in [3.8, 4) is 33.4 Å². The predicted molar refractivity (Wildman–Crippen MR) is 187 cm³/mol. The Morgan fingerprint density at radius 3 is 1.20 bits per heavy atom. The first kappa shape index (κ1) is 32.8. The fraction of sp³-hybridized carbons (Fsp3) is 0.171. The maximum Gasteiger partial charge on any atom is -0.0171 e. The van der Waals surface area contributed by atoms with Crippen LogP contribution < -0.4 is 0 Å². The number of hydrogen-bond acceptors (Lipinski definition) is 0. The molecule has 0 spiro atoms. The molecule has 0 N–H and O–H groups in total. The van der Waals surface area contributed by atoms with Crippen molar-refractivity contribution in [3.05, 3.63) is 157 Å². The predicted octanol–water partition coefficient (Wildman–Crippen LogP) is 12.9. The Morgan fingerprint density at radius 1 is 0.488 bits per heavy atom. The van der Waals surface area contributed by atoms with Crippen molar-refractivity contribution >= 4 is 11.1 Å². The quantitative estimate of drug-likeness (QED) is 0.196. The van der Waals surface area contributed by atoms with Crippen LogP contribution in [-0.4, -0.2) is 0 Å². The molecular weight excluding hydrogens is 492 g/mol. The molecule has 0 amide bonds. The van der Waals surface area contributed by atoms with Crippen LogP contribution in [-0.2, 0) is 0 Å². The van der Waals surface area contributed by atoms with E-state index in [2.05, 4.69) is 155 Å². The average Bonchev–Trinajstić information content (AvgIpc) is 3.06. The van der Waals surface area contributed by atoms with Gasteiger partial charge in [-0.25, -0.2) is 0 Å². The maximum absolute atomic E-state index is 3.85. The Hall–Kier alpha value is -4.42. The minimum absolute atomic E-state index is 1.17. The monoisotopic (exact) mass is 538 g/mol. The second-order valence-corrected chi connectivity index (χ2v) is 8.91. The first-order chi connectivity index (χ1) is 20.2. The van der Waals surface area contributed by atoms with Gasteiger partial charge in [-0.3, -0.25) is 0 Å². The second-order valence-electron chi connectivity index (χ2n) is 8.91. The lowest BCUT2D eigenvalue weighted by molar-refractivity contribution is 1.50. The SMILES string of the molecule is C=C/C=C\C(=C/C)c1cc(-c2ccccc2)cc(-c2cc(C(/C=C\C)=C/C)cc(-c3ccccc3)c2)c1.CC.CC. The van der Waals surface area contributed by atoms with E-state index in [-0.39, 0.29) is 0 Å². The molecule has 0 heteroatoms. The fourth-order valence-electron chi connectivity index (χ4n) is 4.59. The van der Waals surface area contributed by atoms with Crippen molar-refractivity contribution < 1.29 is 0 Å². The van der Waals surface area contributed by atoms with E-state index in [1.54, 1.807) is 0 Å². The Kier molecular flexibility index (Phi) is 14.4. The van der Waals surface area contributed by atoms with Gasteiger partial charge in [-0.2, -0.15) is 0 Å². The Balaban J connectivity index is 0.00000141. The van der Waals surface area contributed by atoms with Gasteiger partial charge in [0.05, 0.1) is 0 Å². The third kappa shape index (κ3) is 9.05. The van der Waals surface area contributed by atoms with E-state index in [1.807, 2.05) is 39.8 Å². The van der Waals surface area contributed by atoms with Crippen LogP contribution in [0, 0.1) is 0 Å². The van der Waals surface area contributed by atoms with E-state index in [9.17, 15) is 0 Å². The molecule has 0 fully saturated rings.